The smallest absolute Gasteiger partial charge is 0.290 e. The minimum Gasteiger partial charge on any atom is -0.320 e. The summed E-state index contributed by atoms with van der Waals surface area (Å²) in [7, 11) is 0. The van der Waals surface area contributed by atoms with Gasteiger partial charge in [0.05, 0.1) is 0 Å². The standard InChI is InChI=1S/C28H28N4O2/c1-19-9-7-15-31(21(19)3)17-27(33)29-25-13-5-12-24-23(25)11-6-14-26(24)30-28(34)18-32-16-8-10-20(2)22(32)4/h5-16H,17-18H2,1-4H3/p+2. The largest absolute Gasteiger partial charge is 0.320 e. The number of fused-ring (bicyclic) bond motifs is 1. The van der Waals surface area contributed by atoms with Crippen LogP contribution in [0.25, 0.3) is 10.8 Å². The number of anilines is 2. The molecule has 0 saturated heterocycles. The van der Waals surface area contributed by atoms with Crippen molar-refractivity contribution in [3.05, 3.63) is 95.6 Å². The molecular weight excluding hydrogens is 424 g/mol. The highest BCUT2D eigenvalue weighted by atomic mass is 16.2. The van der Waals surface area contributed by atoms with E-state index in [0.29, 0.717) is 11.4 Å². The maximum absolute atomic E-state index is 12.8. The zero-order chi connectivity index (χ0) is 24.2. The van der Waals surface area contributed by atoms with Gasteiger partial charge in [-0.1, -0.05) is 24.3 Å². The second-order valence-electron chi connectivity index (χ2n) is 8.61. The molecule has 0 aliphatic carbocycles. The highest BCUT2D eigenvalue weighted by Gasteiger charge is 2.17. The van der Waals surface area contributed by atoms with E-state index in [4.69, 9.17) is 0 Å². The quantitative estimate of drug-likeness (QED) is 0.434. The molecule has 0 fully saturated rings. The average Bonchev–Trinajstić information content (AvgIpc) is 2.80. The highest BCUT2D eigenvalue weighted by molar-refractivity contribution is 6.08. The molecule has 0 aliphatic heterocycles. The number of amides is 2. The lowest BCUT2D eigenvalue weighted by molar-refractivity contribution is -0.690. The van der Waals surface area contributed by atoms with Crippen LogP contribution in [0.1, 0.15) is 22.5 Å². The molecule has 0 bridgehead atoms. The fourth-order valence-corrected chi connectivity index (χ4v) is 4.06. The Morgan fingerprint density at radius 2 is 1.03 bits per heavy atom. The van der Waals surface area contributed by atoms with E-state index in [0.717, 1.165) is 33.3 Å². The van der Waals surface area contributed by atoms with E-state index in [-0.39, 0.29) is 24.9 Å². The first-order chi connectivity index (χ1) is 16.3. The van der Waals surface area contributed by atoms with E-state index in [2.05, 4.69) is 10.6 Å². The first-order valence-electron chi connectivity index (χ1n) is 11.4. The predicted octanol–water partition coefficient (Wildman–Crippen LogP) is 3.93. The van der Waals surface area contributed by atoms with Gasteiger partial charge in [0.2, 0.25) is 13.1 Å². The SMILES string of the molecule is Cc1ccc[n+](CC(=O)Nc2cccc3c(NC(=O)C[n+]4cccc(C)c4C)cccc23)c1C. The molecule has 6 heteroatoms. The van der Waals surface area contributed by atoms with Crippen LogP contribution in [0.4, 0.5) is 11.4 Å². The molecule has 0 radical (unpaired) electrons. The van der Waals surface area contributed by atoms with E-state index in [1.165, 1.54) is 0 Å². The topological polar surface area (TPSA) is 66.0 Å². The molecule has 0 unspecified atom stereocenters. The van der Waals surface area contributed by atoms with Crippen LogP contribution in [-0.2, 0) is 22.7 Å². The van der Waals surface area contributed by atoms with Crippen molar-refractivity contribution in [1.82, 2.24) is 0 Å². The van der Waals surface area contributed by atoms with Crippen LogP contribution in [0.3, 0.4) is 0 Å². The van der Waals surface area contributed by atoms with Crippen molar-refractivity contribution in [1.29, 1.82) is 0 Å². The summed E-state index contributed by atoms with van der Waals surface area (Å²) < 4.78 is 3.87. The minimum absolute atomic E-state index is 0.105. The van der Waals surface area contributed by atoms with Crippen molar-refractivity contribution in [3.8, 4) is 0 Å². The molecule has 0 atom stereocenters. The Morgan fingerprint density at radius 3 is 1.44 bits per heavy atom. The normalized spacial score (nSPS) is 10.8. The maximum atomic E-state index is 12.8. The van der Waals surface area contributed by atoms with E-state index in [1.807, 2.05) is 110 Å². The van der Waals surface area contributed by atoms with E-state index in [1.54, 1.807) is 0 Å². The predicted molar refractivity (Wildman–Crippen MR) is 133 cm³/mol. The van der Waals surface area contributed by atoms with Crippen molar-refractivity contribution in [3.63, 3.8) is 0 Å². The zero-order valence-electron chi connectivity index (χ0n) is 20.1. The second-order valence-corrected chi connectivity index (χ2v) is 8.61. The summed E-state index contributed by atoms with van der Waals surface area (Å²) >= 11 is 0. The zero-order valence-corrected chi connectivity index (χ0v) is 20.1. The van der Waals surface area contributed by atoms with Gasteiger partial charge >= 0.3 is 0 Å². The average molecular weight is 455 g/mol. The summed E-state index contributed by atoms with van der Waals surface area (Å²) in [6.45, 7) is 8.53. The number of nitrogens with one attached hydrogen (secondary N) is 2. The van der Waals surface area contributed by atoms with Crippen LogP contribution in [0.5, 0.6) is 0 Å². The number of nitrogens with zero attached hydrogens (tertiary/aromatic N) is 2. The number of rotatable bonds is 6. The van der Waals surface area contributed by atoms with E-state index in [9.17, 15) is 9.59 Å². The van der Waals surface area contributed by atoms with Gasteiger partial charge in [-0.15, -0.1) is 0 Å². The number of carbonyl (C=O) groups excluding carboxylic acids is 2. The molecular formula is C28H30N4O2+2. The lowest BCUT2D eigenvalue weighted by Gasteiger charge is -2.12. The summed E-state index contributed by atoms with van der Waals surface area (Å²) in [6, 6.07) is 19.4. The molecule has 6 nitrogen and oxygen atoms in total. The molecule has 0 saturated carbocycles. The third kappa shape index (κ3) is 4.96. The Hall–Kier alpha value is -4.06. The molecule has 34 heavy (non-hydrogen) atoms. The number of pyridine rings is 2. The summed E-state index contributed by atoms with van der Waals surface area (Å²) in [6.07, 6.45) is 3.82. The van der Waals surface area contributed by atoms with Gasteiger partial charge < -0.3 is 10.6 Å². The van der Waals surface area contributed by atoms with Gasteiger partial charge in [0.15, 0.2) is 23.8 Å². The van der Waals surface area contributed by atoms with E-state index >= 15 is 0 Å². The molecule has 0 aliphatic rings. The molecule has 0 spiro atoms. The van der Waals surface area contributed by atoms with Crippen molar-refractivity contribution in [2.45, 2.75) is 40.8 Å². The number of carbonyl (C=O) groups is 2. The Morgan fingerprint density at radius 1 is 0.618 bits per heavy atom. The van der Waals surface area contributed by atoms with Gasteiger partial charge in [0, 0.05) is 59.3 Å². The molecule has 2 N–H and O–H groups in total. The van der Waals surface area contributed by atoms with Gasteiger partial charge in [-0.2, -0.15) is 9.13 Å². The first kappa shape index (κ1) is 23.1. The van der Waals surface area contributed by atoms with Crippen LogP contribution in [0, 0.1) is 27.7 Å². The Kier molecular flexibility index (Phi) is 6.68. The summed E-state index contributed by atoms with van der Waals surface area (Å²) in [5.74, 6) is -0.209. The van der Waals surface area contributed by atoms with Gasteiger partial charge in [-0.25, -0.2) is 0 Å². The summed E-state index contributed by atoms with van der Waals surface area (Å²) in [5, 5.41) is 7.82. The van der Waals surface area contributed by atoms with Crippen LogP contribution in [-0.4, -0.2) is 11.8 Å². The second kappa shape index (κ2) is 9.83. The van der Waals surface area contributed by atoms with Crippen molar-refractivity contribution in [2.24, 2.45) is 0 Å². The lowest BCUT2D eigenvalue weighted by atomic mass is 10.1. The molecule has 4 aromatic rings. The van der Waals surface area contributed by atoms with Gasteiger partial charge in [0.25, 0.3) is 11.8 Å². The summed E-state index contributed by atoms with van der Waals surface area (Å²) in [5.41, 5.74) is 5.83. The van der Waals surface area contributed by atoms with Gasteiger partial charge in [-0.3, -0.25) is 9.59 Å². The number of hydrogen-bond acceptors (Lipinski definition) is 2. The van der Waals surface area contributed by atoms with Crippen molar-refractivity contribution < 1.29 is 18.7 Å². The Balaban J connectivity index is 1.54. The van der Waals surface area contributed by atoms with E-state index < -0.39 is 0 Å². The number of aryl methyl sites for hydroxylation is 2. The highest BCUT2D eigenvalue weighted by Crippen LogP contribution is 2.29. The van der Waals surface area contributed by atoms with Crippen molar-refractivity contribution >= 4 is 34.0 Å². The molecule has 2 aromatic carbocycles. The monoisotopic (exact) mass is 454 g/mol. The maximum Gasteiger partial charge on any atom is 0.290 e. The third-order valence-corrected chi connectivity index (χ3v) is 6.33. The molecule has 4 rings (SSSR count). The summed E-state index contributed by atoms with van der Waals surface area (Å²) in [4.78, 5) is 25.6. The fourth-order valence-electron chi connectivity index (χ4n) is 4.06. The number of benzene rings is 2. The van der Waals surface area contributed by atoms with Gasteiger partial charge in [0.1, 0.15) is 0 Å². The molecule has 2 aromatic heterocycles. The molecule has 2 heterocycles. The number of aromatic nitrogens is 2. The Labute approximate surface area is 199 Å². The fraction of sp³-hybridized carbons (Fsp3) is 0.214. The van der Waals surface area contributed by atoms with Crippen LogP contribution in [0.15, 0.2) is 73.1 Å². The van der Waals surface area contributed by atoms with Gasteiger partial charge in [-0.05, 0) is 38.1 Å². The minimum atomic E-state index is -0.105. The number of hydrogen-bond donors (Lipinski definition) is 2. The van der Waals surface area contributed by atoms with Crippen LogP contribution in [0.2, 0.25) is 0 Å². The van der Waals surface area contributed by atoms with Crippen LogP contribution >= 0.6 is 0 Å². The molecule has 172 valence electrons. The third-order valence-electron chi connectivity index (χ3n) is 6.33. The Bertz CT molecular complexity index is 1290. The lowest BCUT2D eigenvalue weighted by Crippen LogP contribution is -2.43. The first-order valence-corrected chi connectivity index (χ1v) is 11.4. The molecule has 2 amide bonds. The van der Waals surface area contributed by atoms with Crippen molar-refractivity contribution in [2.75, 3.05) is 10.6 Å². The van der Waals surface area contributed by atoms with Crippen LogP contribution < -0.4 is 19.8 Å².